The number of anilines is 1. The molecule has 1 aromatic carbocycles. The lowest BCUT2D eigenvalue weighted by molar-refractivity contribution is -0.384. The Kier molecular flexibility index (Phi) is 6.15. The third kappa shape index (κ3) is 4.54. The SMILES string of the molecule is Cc1ccc(C)c(NC(=NC(C)(C)C)C(F)(F)C(F)(F)C(F)(F)C(F)(F)F)c1. The number of amidine groups is 1. The predicted octanol–water partition coefficient (Wildman–Crippen LogP) is 6.38. The van der Waals surface area contributed by atoms with Gasteiger partial charge in [0, 0.05) is 5.69 Å². The molecule has 0 saturated carbocycles. The van der Waals surface area contributed by atoms with Crippen LogP contribution in [0.25, 0.3) is 0 Å². The Bertz CT molecular complexity index is 744. The highest BCUT2D eigenvalue weighted by Gasteiger charge is 2.83. The van der Waals surface area contributed by atoms with Crippen LogP contribution in [-0.2, 0) is 0 Å². The molecule has 1 rings (SSSR count). The zero-order valence-corrected chi connectivity index (χ0v) is 15.6. The Morgan fingerprint density at radius 1 is 0.821 bits per heavy atom. The van der Waals surface area contributed by atoms with Crippen molar-refractivity contribution < 1.29 is 39.5 Å². The summed E-state index contributed by atoms with van der Waals surface area (Å²) in [6.07, 6.45) is -6.90. The maximum absolute atomic E-state index is 14.4. The molecule has 0 fully saturated rings. The van der Waals surface area contributed by atoms with Crippen molar-refractivity contribution in [3.05, 3.63) is 29.3 Å². The van der Waals surface area contributed by atoms with Crippen LogP contribution in [0, 0.1) is 13.8 Å². The van der Waals surface area contributed by atoms with Gasteiger partial charge in [0.25, 0.3) is 0 Å². The number of hydrogen-bond acceptors (Lipinski definition) is 1. The van der Waals surface area contributed by atoms with Crippen molar-refractivity contribution in [3.63, 3.8) is 0 Å². The molecule has 11 heteroatoms. The molecule has 2 nitrogen and oxygen atoms in total. The van der Waals surface area contributed by atoms with Crippen LogP contribution in [0.4, 0.5) is 45.2 Å². The van der Waals surface area contributed by atoms with Crippen LogP contribution in [0.5, 0.6) is 0 Å². The maximum Gasteiger partial charge on any atom is 0.460 e. The minimum atomic E-state index is -6.99. The molecule has 160 valence electrons. The van der Waals surface area contributed by atoms with E-state index in [4.69, 9.17) is 0 Å². The zero-order valence-electron chi connectivity index (χ0n) is 15.6. The van der Waals surface area contributed by atoms with E-state index < -0.39 is 35.3 Å². The lowest BCUT2D eigenvalue weighted by Gasteiger charge is -2.35. The molecular formula is C17H19F9N2. The number of nitrogens with one attached hydrogen (secondary N) is 1. The van der Waals surface area contributed by atoms with Gasteiger partial charge >= 0.3 is 23.9 Å². The Balaban J connectivity index is 3.61. The van der Waals surface area contributed by atoms with E-state index in [-0.39, 0.29) is 11.3 Å². The summed E-state index contributed by atoms with van der Waals surface area (Å²) < 4.78 is 120. The fraction of sp³-hybridized carbons (Fsp3) is 0.588. The van der Waals surface area contributed by atoms with Crippen molar-refractivity contribution >= 4 is 11.5 Å². The van der Waals surface area contributed by atoms with Gasteiger partial charge < -0.3 is 5.32 Å². The van der Waals surface area contributed by atoms with Crippen molar-refractivity contribution in [2.45, 2.75) is 64.1 Å². The molecule has 1 aromatic rings. The molecule has 0 bridgehead atoms. The molecule has 0 unspecified atom stereocenters. The monoisotopic (exact) mass is 422 g/mol. The molecule has 0 radical (unpaired) electrons. The minimum Gasteiger partial charge on any atom is -0.339 e. The van der Waals surface area contributed by atoms with E-state index >= 15 is 0 Å². The molecule has 0 aliphatic rings. The second kappa shape index (κ2) is 7.14. The predicted molar refractivity (Wildman–Crippen MR) is 87.6 cm³/mol. The van der Waals surface area contributed by atoms with Crippen molar-refractivity contribution in [2.24, 2.45) is 4.99 Å². The van der Waals surface area contributed by atoms with Crippen molar-refractivity contribution in [3.8, 4) is 0 Å². The van der Waals surface area contributed by atoms with Crippen molar-refractivity contribution in [1.82, 2.24) is 0 Å². The Hall–Kier alpha value is -1.94. The average Bonchev–Trinajstić information content (AvgIpc) is 2.47. The summed E-state index contributed by atoms with van der Waals surface area (Å²) in [6.45, 7) is 6.50. The summed E-state index contributed by atoms with van der Waals surface area (Å²) in [6, 6.07) is 4.22. The summed E-state index contributed by atoms with van der Waals surface area (Å²) in [7, 11) is 0. The number of halogens is 9. The van der Waals surface area contributed by atoms with E-state index in [2.05, 4.69) is 4.99 Å². The first-order chi connectivity index (χ1) is 12.2. The first kappa shape index (κ1) is 24.1. The number of aryl methyl sites for hydroxylation is 2. The lowest BCUT2D eigenvalue weighted by atomic mass is 10.0. The summed E-state index contributed by atoms with van der Waals surface area (Å²) in [5, 5.41) is 1.83. The second-order valence-electron chi connectivity index (χ2n) is 7.30. The van der Waals surface area contributed by atoms with Crippen LogP contribution in [-0.4, -0.2) is 35.3 Å². The van der Waals surface area contributed by atoms with Crippen molar-refractivity contribution in [2.75, 3.05) is 5.32 Å². The molecule has 0 aliphatic heterocycles. The fourth-order valence-electron chi connectivity index (χ4n) is 2.03. The van der Waals surface area contributed by atoms with E-state index in [9.17, 15) is 39.5 Å². The first-order valence-corrected chi connectivity index (χ1v) is 7.89. The quantitative estimate of drug-likeness (QED) is 0.340. The number of benzene rings is 1. The summed E-state index contributed by atoms with van der Waals surface area (Å²) in [5.74, 6) is -21.8. The summed E-state index contributed by atoms with van der Waals surface area (Å²) in [4.78, 5) is 3.28. The standard InChI is InChI=1S/C17H19F9N2/c1-9-6-7-10(2)11(8-9)27-12(28-13(3,4)5)14(18,19)15(20,21)16(22,23)17(24,25)26/h6-8H,1-5H3,(H,27,28). The van der Waals surface area contributed by atoms with Gasteiger partial charge in [0.1, 0.15) is 0 Å². The fourth-order valence-corrected chi connectivity index (χ4v) is 2.03. The van der Waals surface area contributed by atoms with Gasteiger partial charge in [0.15, 0.2) is 5.84 Å². The normalized spacial score (nSPS) is 15.0. The molecule has 0 spiro atoms. The number of aliphatic imine (C=N–C) groups is 1. The van der Waals surface area contributed by atoms with E-state index in [1.165, 1.54) is 46.8 Å². The second-order valence-corrected chi connectivity index (χ2v) is 7.30. The van der Waals surface area contributed by atoms with E-state index in [0.717, 1.165) is 0 Å². The van der Waals surface area contributed by atoms with E-state index in [1.54, 1.807) is 6.07 Å². The van der Waals surface area contributed by atoms with Crippen LogP contribution < -0.4 is 5.32 Å². The highest BCUT2D eigenvalue weighted by atomic mass is 19.4. The van der Waals surface area contributed by atoms with Gasteiger partial charge in [0.2, 0.25) is 0 Å². The van der Waals surface area contributed by atoms with Crippen LogP contribution in [0.2, 0.25) is 0 Å². The van der Waals surface area contributed by atoms with Crippen LogP contribution in [0.1, 0.15) is 31.9 Å². The molecular weight excluding hydrogens is 403 g/mol. The molecule has 0 atom stereocenters. The third-order valence-corrected chi connectivity index (χ3v) is 3.54. The van der Waals surface area contributed by atoms with Gasteiger partial charge in [-0.05, 0) is 51.8 Å². The van der Waals surface area contributed by atoms with Gasteiger partial charge in [-0.1, -0.05) is 12.1 Å². The molecule has 0 heterocycles. The number of hydrogen-bond donors (Lipinski definition) is 1. The van der Waals surface area contributed by atoms with Crippen LogP contribution in [0.3, 0.4) is 0 Å². The smallest absolute Gasteiger partial charge is 0.339 e. The Morgan fingerprint density at radius 2 is 1.32 bits per heavy atom. The maximum atomic E-state index is 14.4. The Morgan fingerprint density at radius 3 is 1.75 bits per heavy atom. The Labute approximate surface area is 155 Å². The molecule has 0 amide bonds. The third-order valence-electron chi connectivity index (χ3n) is 3.54. The highest BCUT2D eigenvalue weighted by Crippen LogP contribution is 2.53. The number of alkyl halides is 9. The van der Waals surface area contributed by atoms with E-state index in [1.807, 2.05) is 5.32 Å². The van der Waals surface area contributed by atoms with Crippen LogP contribution in [0.15, 0.2) is 23.2 Å². The van der Waals surface area contributed by atoms with Crippen LogP contribution >= 0.6 is 0 Å². The average molecular weight is 422 g/mol. The number of rotatable bonds is 4. The summed E-state index contributed by atoms with van der Waals surface area (Å²) in [5.41, 5.74) is -0.922. The first-order valence-electron chi connectivity index (χ1n) is 7.89. The molecule has 1 N–H and O–H groups in total. The van der Waals surface area contributed by atoms with Gasteiger partial charge in [0.05, 0.1) is 5.54 Å². The topological polar surface area (TPSA) is 24.4 Å². The van der Waals surface area contributed by atoms with Crippen molar-refractivity contribution in [1.29, 1.82) is 0 Å². The van der Waals surface area contributed by atoms with Gasteiger partial charge in [-0.2, -0.15) is 39.5 Å². The molecule has 0 aliphatic carbocycles. The zero-order chi connectivity index (χ0) is 22.3. The van der Waals surface area contributed by atoms with Gasteiger partial charge in [-0.25, -0.2) is 0 Å². The minimum absolute atomic E-state index is 0.186. The molecule has 28 heavy (non-hydrogen) atoms. The summed E-state index contributed by atoms with van der Waals surface area (Å²) >= 11 is 0. The van der Waals surface area contributed by atoms with Gasteiger partial charge in [-0.3, -0.25) is 4.99 Å². The number of nitrogens with zero attached hydrogens (tertiary/aromatic N) is 1. The molecule has 0 saturated heterocycles. The lowest BCUT2D eigenvalue weighted by Crippen LogP contribution is -2.64. The highest BCUT2D eigenvalue weighted by molar-refractivity contribution is 6.02. The molecule has 0 aromatic heterocycles. The van der Waals surface area contributed by atoms with Gasteiger partial charge in [-0.15, -0.1) is 0 Å². The largest absolute Gasteiger partial charge is 0.460 e. The van der Waals surface area contributed by atoms with E-state index in [0.29, 0.717) is 5.56 Å².